The maximum absolute atomic E-state index is 14.9. The summed E-state index contributed by atoms with van der Waals surface area (Å²) in [6.45, 7) is 2.79. The van der Waals surface area contributed by atoms with Gasteiger partial charge in [0.2, 0.25) is 0 Å². The molecule has 1 aliphatic rings. The summed E-state index contributed by atoms with van der Waals surface area (Å²) in [5.41, 5.74) is 3.10. The number of nitrogens with zero attached hydrogens (tertiary/aromatic N) is 5. The Balaban J connectivity index is 1.28. The number of anilines is 3. The third kappa shape index (κ3) is 5.84. The molecule has 1 aliphatic heterocycles. The van der Waals surface area contributed by atoms with Crippen LogP contribution in [0.5, 0.6) is 23.0 Å². The summed E-state index contributed by atoms with van der Waals surface area (Å²) in [6.07, 6.45) is 10.0. The van der Waals surface area contributed by atoms with Crippen LogP contribution in [0.1, 0.15) is 18.4 Å². The van der Waals surface area contributed by atoms with Gasteiger partial charge in [0.05, 0.1) is 31.1 Å². The third-order valence-electron chi connectivity index (χ3n) is 7.68. The second-order valence-corrected chi connectivity index (χ2v) is 10.6. The van der Waals surface area contributed by atoms with Crippen molar-refractivity contribution in [1.29, 1.82) is 0 Å². The van der Waals surface area contributed by atoms with Crippen LogP contribution < -0.4 is 24.8 Å². The summed E-state index contributed by atoms with van der Waals surface area (Å²) in [4.78, 5) is 28.0. The number of imidazole rings is 1. The van der Waals surface area contributed by atoms with E-state index in [9.17, 15) is 9.18 Å². The van der Waals surface area contributed by atoms with E-state index in [1.807, 2.05) is 53.9 Å². The number of carbonyl (C=O) groups excluding carboxylic acids is 1. The number of benzene rings is 2. The summed E-state index contributed by atoms with van der Waals surface area (Å²) in [5.74, 6) is 0.865. The van der Waals surface area contributed by atoms with Crippen LogP contribution in [0.2, 0.25) is 0 Å². The second kappa shape index (κ2) is 12.2. The van der Waals surface area contributed by atoms with Crippen molar-refractivity contribution < 1.29 is 23.4 Å². The average molecular weight is 598 g/mol. The lowest BCUT2D eigenvalue weighted by Crippen LogP contribution is -2.24. The molecule has 6 rings (SSSR count). The van der Waals surface area contributed by atoms with Gasteiger partial charge in [0.25, 0.3) is 5.91 Å². The summed E-state index contributed by atoms with van der Waals surface area (Å²) in [5, 5.41) is 6.55. The van der Waals surface area contributed by atoms with Crippen LogP contribution in [-0.2, 0) is 4.79 Å². The number of likely N-dealkylation sites (N-methyl/N-ethyl adjacent to an activating group) is 1. The molecule has 1 unspecified atom stereocenters. The van der Waals surface area contributed by atoms with Gasteiger partial charge in [-0.2, -0.15) is 0 Å². The molecule has 226 valence electrons. The number of fused-ring (bicyclic) bond motifs is 2. The standard InChI is InChI=1S/C32H32FN7O4/c1-19-12-25(29(43-4)17-27(19)44-21-7-10-40-11-8-34-30(40)14-21)37-31-22-15-26(28(42-3)16-24(22)35-18-36-31)38-32(41)23(33)13-20-6-5-9-39(20)2/h7-8,10-18,20H,5-6,9H2,1-4H3,(H,38,41)(H,35,36,37)/b23-13+. The van der Waals surface area contributed by atoms with Crippen LogP contribution in [0.4, 0.5) is 21.6 Å². The molecule has 0 spiro atoms. The molecule has 44 heavy (non-hydrogen) atoms. The quantitative estimate of drug-likeness (QED) is 0.197. The number of rotatable bonds is 9. The number of amides is 1. The molecule has 4 heterocycles. The van der Waals surface area contributed by atoms with Crippen molar-refractivity contribution >= 4 is 39.6 Å². The van der Waals surface area contributed by atoms with Gasteiger partial charge in [-0.25, -0.2) is 19.3 Å². The first kappa shape index (κ1) is 28.9. The van der Waals surface area contributed by atoms with Crippen molar-refractivity contribution in [2.45, 2.75) is 25.8 Å². The normalized spacial score (nSPS) is 15.5. The van der Waals surface area contributed by atoms with Crippen molar-refractivity contribution in [2.24, 2.45) is 0 Å². The third-order valence-corrected chi connectivity index (χ3v) is 7.68. The summed E-state index contributed by atoms with van der Waals surface area (Å²) in [7, 11) is 4.96. The number of carbonyl (C=O) groups is 1. The van der Waals surface area contributed by atoms with E-state index in [-0.39, 0.29) is 11.7 Å². The Labute approximate surface area is 253 Å². The maximum atomic E-state index is 14.9. The smallest absolute Gasteiger partial charge is 0.284 e. The Morgan fingerprint density at radius 2 is 1.84 bits per heavy atom. The molecule has 1 amide bonds. The lowest BCUT2D eigenvalue weighted by molar-refractivity contribution is -0.114. The van der Waals surface area contributed by atoms with Crippen LogP contribution in [0, 0.1) is 6.92 Å². The van der Waals surface area contributed by atoms with Gasteiger partial charge < -0.3 is 29.2 Å². The fourth-order valence-electron chi connectivity index (χ4n) is 5.28. The SMILES string of the molecule is COc1cc2ncnc(Nc3cc(C)c(Oc4ccn5ccnc5c4)cc3OC)c2cc1NC(=O)/C(F)=C\C1CCCN1C. The van der Waals surface area contributed by atoms with Gasteiger partial charge in [-0.15, -0.1) is 0 Å². The van der Waals surface area contributed by atoms with E-state index in [0.29, 0.717) is 45.4 Å². The van der Waals surface area contributed by atoms with Gasteiger partial charge in [0.1, 0.15) is 40.8 Å². The van der Waals surface area contributed by atoms with Crippen molar-refractivity contribution in [3.8, 4) is 23.0 Å². The zero-order valence-electron chi connectivity index (χ0n) is 24.8. The zero-order chi connectivity index (χ0) is 30.8. The first-order valence-electron chi connectivity index (χ1n) is 14.1. The molecule has 5 aromatic rings. The highest BCUT2D eigenvalue weighted by Gasteiger charge is 2.22. The predicted octanol–water partition coefficient (Wildman–Crippen LogP) is 6.03. The molecule has 1 atom stereocenters. The second-order valence-electron chi connectivity index (χ2n) is 10.6. The van der Waals surface area contributed by atoms with Crippen molar-refractivity contribution in [1.82, 2.24) is 24.3 Å². The highest BCUT2D eigenvalue weighted by atomic mass is 19.1. The fraction of sp³-hybridized carbons (Fsp3) is 0.250. The van der Waals surface area contributed by atoms with Crippen molar-refractivity contribution in [3.05, 3.63) is 78.8 Å². The molecule has 1 fully saturated rings. The van der Waals surface area contributed by atoms with E-state index in [4.69, 9.17) is 14.2 Å². The van der Waals surface area contributed by atoms with E-state index >= 15 is 0 Å². The van der Waals surface area contributed by atoms with E-state index in [1.165, 1.54) is 19.5 Å². The lowest BCUT2D eigenvalue weighted by Gasteiger charge is -2.17. The molecule has 0 saturated carbocycles. The van der Waals surface area contributed by atoms with Crippen LogP contribution in [0.25, 0.3) is 16.6 Å². The molecule has 0 radical (unpaired) electrons. The molecule has 12 heteroatoms. The molecular weight excluding hydrogens is 565 g/mol. The van der Waals surface area contributed by atoms with E-state index in [1.54, 1.807) is 31.5 Å². The number of aromatic nitrogens is 4. The van der Waals surface area contributed by atoms with Crippen molar-refractivity contribution in [2.75, 3.05) is 38.4 Å². The fourth-order valence-corrected chi connectivity index (χ4v) is 5.28. The Morgan fingerprint density at radius 3 is 2.61 bits per heavy atom. The molecule has 0 aliphatic carbocycles. The number of methoxy groups -OCH3 is 2. The minimum absolute atomic E-state index is 0.112. The Kier molecular flexibility index (Phi) is 7.99. The Morgan fingerprint density at radius 1 is 1.02 bits per heavy atom. The van der Waals surface area contributed by atoms with Gasteiger partial charge in [-0.3, -0.25) is 9.69 Å². The lowest BCUT2D eigenvalue weighted by atomic mass is 10.1. The minimum Gasteiger partial charge on any atom is -0.494 e. The number of likely N-dealkylation sites (tertiary alicyclic amines) is 1. The Hall–Kier alpha value is -5.23. The molecule has 11 nitrogen and oxygen atoms in total. The van der Waals surface area contributed by atoms with Gasteiger partial charge in [0.15, 0.2) is 5.83 Å². The van der Waals surface area contributed by atoms with Gasteiger partial charge in [-0.1, -0.05) is 0 Å². The van der Waals surface area contributed by atoms with E-state index in [0.717, 1.165) is 30.6 Å². The number of hydrogen-bond donors (Lipinski definition) is 2. The maximum Gasteiger partial charge on any atom is 0.284 e. The van der Waals surface area contributed by atoms with Gasteiger partial charge in [-0.05, 0) is 63.2 Å². The van der Waals surface area contributed by atoms with Crippen LogP contribution in [-0.4, -0.2) is 64.0 Å². The largest absolute Gasteiger partial charge is 0.494 e. The van der Waals surface area contributed by atoms with E-state index in [2.05, 4.69) is 25.6 Å². The zero-order valence-corrected chi connectivity index (χ0v) is 24.8. The highest BCUT2D eigenvalue weighted by Crippen LogP contribution is 2.39. The number of ether oxygens (including phenoxy) is 3. The first-order chi connectivity index (χ1) is 21.3. The van der Waals surface area contributed by atoms with Gasteiger partial charge in [0, 0.05) is 48.2 Å². The predicted molar refractivity (Wildman–Crippen MR) is 166 cm³/mol. The number of hydrogen-bond acceptors (Lipinski definition) is 9. The number of halogens is 1. The molecule has 2 N–H and O–H groups in total. The molecule has 1 saturated heterocycles. The number of pyridine rings is 1. The highest BCUT2D eigenvalue weighted by molar-refractivity contribution is 6.05. The monoisotopic (exact) mass is 597 g/mol. The topological polar surface area (TPSA) is 115 Å². The minimum atomic E-state index is -0.853. The van der Waals surface area contributed by atoms with Crippen molar-refractivity contribution in [3.63, 3.8) is 0 Å². The molecule has 3 aromatic heterocycles. The number of aryl methyl sites for hydroxylation is 1. The average Bonchev–Trinajstić information content (AvgIpc) is 3.66. The summed E-state index contributed by atoms with van der Waals surface area (Å²) < 4.78 is 34.1. The molecule has 0 bridgehead atoms. The Bertz CT molecular complexity index is 1890. The van der Waals surface area contributed by atoms with Gasteiger partial charge >= 0.3 is 0 Å². The first-order valence-corrected chi connectivity index (χ1v) is 14.1. The molecule has 2 aromatic carbocycles. The van der Waals surface area contributed by atoms with Crippen LogP contribution in [0.3, 0.4) is 0 Å². The summed E-state index contributed by atoms with van der Waals surface area (Å²) in [6, 6.07) is 10.6. The van der Waals surface area contributed by atoms with Crippen LogP contribution >= 0.6 is 0 Å². The number of nitrogens with one attached hydrogen (secondary N) is 2. The molecular formula is C32H32FN7O4. The van der Waals surface area contributed by atoms with Crippen LogP contribution in [0.15, 0.2) is 73.2 Å². The van der Waals surface area contributed by atoms with E-state index < -0.39 is 11.7 Å². The summed E-state index contributed by atoms with van der Waals surface area (Å²) >= 11 is 0.